The fourth-order valence-electron chi connectivity index (χ4n) is 3.11. The molecule has 1 aromatic carbocycles. The van der Waals surface area contributed by atoms with Crippen molar-refractivity contribution in [1.82, 2.24) is 16.2 Å². The summed E-state index contributed by atoms with van der Waals surface area (Å²) >= 11 is 5.28. The lowest BCUT2D eigenvalue weighted by atomic mass is 9.78. The summed E-state index contributed by atoms with van der Waals surface area (Å²) in [5.41, 5.74) is 7.67. The third-order valence-corrected chi connectivity index (χ3v) is 5.41. The first-order chi connectivity index (χ1) is 11.9. The second-order valence-electron chi connectivity index (χ2n) is 7.06. The standard InChI is InChI=1S/C19H29N3O2S/c1-12-8-9-16(10-14(12)3)24-11-18(23)21-22-19(25)20-17-7-5-6-13(2)15(17)4/h8-10,13,15,17H,5-7,11H2,1-4H3,(H,21,23)(H2,20,22,25)/t13-,15-,17-/m0/s1. The molecule has 1 fully saturated rings. The van der Waals surface area contributed by atoms with Crippen LogP contribution < -0.4 is 20.9 Å². The van der Waals surface area contributed by atoms with Gasteiger partial charge in [0.05, 0.1) is 0 Å². The fourth-order valence-corrected chi connectivity index (χ4v) is 3.31. The van der Waals surface area contributed by atoms with Gasteiger partial charge in [0.15, 0.2) is 11.7 Å². The van der Waals surface area contributed by atoms with Gasteiger partial charge in [0, 0.05) is 6.04 Å². The van der Waals surface area contributed by atoms with Gasteiger partial charge in [-0.05, 0) is 67.6 Å². The average Bonchev–Trinajstić information content (AvgIpc) is 2.58. The van der Waals surface area contributed by atoms with Crippen LogP contribution >= 0.6 is 12.2 Å². The third kappa shape index (κ3) is 5.88. The molecule has 0 unspecified atom stereocenters. The summed E-state index contributed by atoms with van der Waals surface area (Å²) < 4.78 is 5.50. The maximum absolute atomic E-state index is 11.9. The van der Waals surface area contributed by atoms with Crippen LogP contribution in [0.1, 0.15) is 44.2 Å². The number of nitrogens with one attached hydrogen (secondary N) is 3. The molecule has 25 heavy (non-hydrogen) atoms. The number of hydrogen-bond acceptors (Lipinski definition) is 3. The van der Waals surface area contributed by atoms with Gasteiger partial charge in [0.25, 0.3) is 5.91 Å². The number of aryl methyl sites for hydroxylation is 2. The minimum absolute atomic E-state index is 0.0605. The smallest absolute Gasteiger partial charge is 0.276 e. The highest BCUT2D eigenvalue weighted by molar-refractivity contribution is 7.80. The predicted octanol–water partition coefficient (Wildman–Crippen LogP) is 3.00. The first-order valence-electron chi connectivity index (χ1n) is 8.92. The van der Waals surface area contributed by atoms with E-state index in [-0.39, 0.29) is 12.5 Å². The van der Waals surface area contributed by atoms with Gasteiger partial charge in [-0.15, -0.1) is 0 Å². The van der Waals surface area contributed by atoms with Crippen molar-refractivity contribution in [3.8, 4) is 5.75 Å². The molecule has 1 amide bonds. The van der Waals surface area contributed by atoms with E-state index in [0.29, 0.717) is 28.7 Å². The molecule has 3 atom stereocenters. The van der Waals surface area contributed by atoms with Gasteiger partial charge in [-0.3, -0.25) is 15.6 Å². The number of carbonyl (C=O) groups excluding carboxylic acids is 1. The molecule has 138 valence electrons. The van der Waals surface area contributed by atoms with Gasteiger partial charge in [-0.2, -0.15) is 0 Å². The number of thiocarbonyl (C=S) groups is 1. The summed E-state index contributed by atoms with van der Waals surface area (Å²) in [6.45, 7) is 8.52. The summed E-state index contributed by atoms with van der Waals surface area (Å²) in [4.78, 5) is 11.9. The number of hydrazine groups is 1. The van der Waals surface area contributed by atoms with Crippen molar-refractivity contribution in [3.63, 3.8) is 0 Å². The Kier molecular flexibility index (Phi) is 7.05. The molecule has 0 spiro atoms. The van der Waals surface area contributed by atoms with Crippen LogP contribution in [-0.4, -0.2) is 23.7 Å². The highest BCUT2D eigenvalue weighted by atomic mass is 32.1. The molecular formula is C19H29N3O2S. The maximum Gasteiger partial charge on any atom is 0.276 e. The van der Waals surface area contributed by atoms with Gasteiger partial charge in [-0.25, -0.2) is 0 Å². The zero-order chi connectivity index (χ0) is 18.4. The Morgan fingerprint density at radius 2 is 1.96 bits per heavy atom. The minimum Gasteiger partial charge on any atom is -0.484 e. The van der Waals surface area contributed by atoms with Crippen molar-refractivity contribution < 1.29 is 9.53 Å². The number of benzene rings is 1. The molecule has 0 aliphatic heterocycles. The van der Waals surface area contributed by atoms with E-state index < -0.39 is 0 Å². The van der Waals surface area contributed by atoms with Crippen LogP contribution in [0.4, 0.5) is 0 Å². The normalized spacial score (nSPS) is 22.8. The second-order valence-corrected chi connectivity index (χ2v) is 7.46. The number of rotatable bonds is 4. The summed E-state index contributed by atoms with van der Waals surface area (Å²) in [7, 11) is 0. The monoisotopic (exact) mass is 363 g/mol. The molecule has 5 nitrogen and oxygen atoms in total. The zero-order valence-electron chi connectivity index (χ0n) is 15.5. The largest absolute Gasteiger partial charge is 0.484 e. The molecule has 1 aliphatic rings. The van der Waals surface area contributed by atoms with Crippen LogP contribution in [-0.2, 0) is 4.79 Å². The Hall–Kier alpha value is -1.82. The van der Waals surface area contributed by atoms with Crippen molar-refractivity contribution in [2.45, 2.75) is 53.0 Å². The van der Waals surface area contributed by atoms with E-state index in [1.54, 1.807) is 0 Å². The molecule has 0 bridgehead atoms. The van der Waals surface area contributed by atoms with E-state index >= 15 is 0 Å². The van der Waals surface area contributed by atoms with Crippen LogP contribution in [0.5, 0.6) is 5.75 Å². The number of ether oxygens (including phenoxy) is 1. The Bertz CT molecular complexity index is 621. The van der Waals surface area contributed by atoms with E-state index in [4.69, 9.17) is 17.0 Å². The van der Waals surface area contributed by atoms with E-state index in [1.165, 1.54) is 18.4 Å². The van der Waals surface area contributed by atoms with Crippen molar-refractivity contribution in [2.24, 2.45) is 11.8 Å². The topological polar surface area (TPSA) is 62.4 Å². The minimum atomic E-state index is -0.271. The highest BCUT2D eigenvalue weighted by Gasteiger charge is 2.27. The van der Waals surface area contributed by atoms with Crippen molar-refractivity contribution in [3.05, 3.63) is 29.3 Å². The average molecular weight is 364 g/mol. The summed E-state index contributed by atoms with van der Waals surface area (Å²) in [6, 6.07) is 6.12. The molecule has 0 aromatic heterocycles. The Morgan fingerprint density at radius 3 is 2.68 bits per heavy atom. The second kappa shape index (κ2) is 9.04. The molecule has 0 heterocycles. The molecule has 1 saturated carbocycles. The van der Waals surface area contributed by atoms with Gasteiger partial charge < -0.3 is 10.1 Å². The molecule has 6 heteroatoms. The number of carbonyl (C=O) groups is 1. The Balaban J connectivity index is 1.70. The molecule has 3 N–H and O–H groups in total. The third-order valence-electron chi connectivity index (χ3n) is 5.19. The van der Waals surface area contributed by atoms with E-state index in [2.05, 4.69) is 30.0 Å². The lowest BCUT2D eigenvalue weighted by Crippen LogP contribution is -2.53. The summed E-state index contributed by atoms with van der Waals surface area (Å²) in [6.07, 6.45) is 3.59. The fraction of sp³-hybridized carbons (Fsp3) is 0.579. The van der Waals surface area contributed by atoms with Gasteiger partial charge in [-0.1, -0.05) is 32.8 Å². The molecule has 0 saturated heterocycles. The van der Waals surface area contributed by atoms with E-state index in [9.17, 15) is 4.79 Å². The van der Waals surface area contributed by atoms with Gasteiger partial charge in [0.1, 0.15) is 5.75 Å². The van der Waals surface area contributed by atoms with Crippen molar-refractivity contribution >= 4 is 23.2 Å². The first-order valence-corrected chi connectivity index (χ1v) is 9.33. The summed E-state index contributed by atoms with van der Waals surface area (Å²) in [5, 5.41) is 3.76. The van der Waals surface area contributed by atoms with Gasteiger partial charge >= 0.3 is 0 Å². The van der Waals surface area contributed by atoms with Crippen LogP contribution in [0, 0.1) is 25.7 Å². The molecule has 1 aromatic rings. The quantitative estimate of drug-likeness (QED) is 0.567. The molecule has 2 rings (SSSR count). The van der Waals surface area contributed by atoms with Gasteiger partial charge in [0.2, 0.25) is 0 Å². The van der Waals surface area contributed by atoms with Crippen LogP contribution in [0.25, 0.3) is 0 Å². The predicted molar refractivity (Wildman–Crippen MR) is 104 cm³/mol. The molecular weight excluding hydrogens is 334 g/mol. The summed E-state index contributed by atoms with van der Waals surface area (Å²) in [5.74, 6) is 1.67. The lowest BCUT2D eigenvalue weighted by molar-refractivity contribution is -0.123. The number of amides is 1. The molecule has 1 aliphatic carbocycles. The van der Waals surface area contributed by atoms with Crippen LogP contribution in [0.2, 0.25) is 0 Å². The molecule has 0 radical (unpaired) electrons. The van der Waals surface area contributed by atoms with Crippen LogP contribution in [0.15, 0.2) is 18.2 Å². The lowest BCUT2D eigenvalue weighted by Gasteiger charge is -2.35. The first kappa shape index (κ1) is 19.5. The SMILES string of the molecule is Cc1ccc(OCC(=O)NNC(=S)N[C@H]2CCC[C@H](C)[C@@H]2C)cc1C. The zero-order valence-corrected chi connectivity index (χ0v) is 16.3. The van der Waals surface area contributed by atoms with Crippen molar-refractivity contribution in [1.29, 1.82) is 0 Å². The van der Waals surface area contributed by atoms with E-state index in [1.807, 2.05) is 32.0 Å². The maximum atomic E-state index is 11.9. The number of hydrogen-bond donors (Lipinski definition) is 3. The van der Waals surface area contributed by atoms with E-state index in [0.717, 1.165) is 12.0 Å². The highest BCUT2D eigenvalue weighted by Crippen LogP contribution is 2.29. The van der Waals surface area contributed by atoms with Crippen LogP contribution in [0.3, 0.4) is 0 Å². The Labute approximate surface area is 155 Å². The van der Waals surface area contributed by atoms with Crippen molar-refractivity contribution in [2.75, 3.05) is 6.61 Å². The Morgan fingerprint density at radius 1 is 1.20 bits per heavy atom.